The first-order valence-electron chi connectivity index (χ1n) is 15.7. The molecule has 0 aliphatic rings. The van der Waals surface area contributed by atoms with Crippen LogP contribution in [-0.4, -0.2) is 0 Å². The van der Waals surface area contributed by atoms with Gasteiger partial charge in [-0.3, -0.25) is 0 Å². The fourth-order valence-electron chi connectivity index (χ4n) is 6.71. The van der Waals surface area contributed by atoms with E-state index >= 15 is 0 Å². The third-order valence-corrected chi connectivity index (χ3v) is 9.02. The Balaban J connectivity index is 1.20. The Morgan fingerprint density at radius 1 is 0.326 bits per heavy atom. The van der Waals surface area contributed by atoms with Crippen LogP contribution in [0.4, 0.5) is 17.1 Å². The van der Waals surface area contributed by atoms with E-state index in [1.165, 1.54) is 38.4 Å². The number of rotatable bonds is 5. The van der Waals surface area contributed by atoms with Crippen molar-refractivity contribution in [2.45, 2.75) is 0 Å². The molecule has 216 valence electrons. The third kappa shape index (κ3) is 4.51. The molecule has 0 unspecified atom stereocenters. The molecule has 0 saturated heterocycles. The van der Waals surface area contributed by atoms with Gasteiger partial charge in [0, 0.05) is 33.2 Å². The van der Waals surface area contributed by atoms with Crippen LogP contribution >= 0.6 is 0 Å². The Kier molecular flexibility index (Phi) is 6.17. The minimum Gasteiger partial charge on any atom is -0.455 e. The van der Waals surface area contributed by atoms with Crippen molar-refractivity contribution in [1.82, 2.24) is 0 Å². The predicted octanol–water partition coefficient (Wildman–Crippen LogP) is 12.7. The Bertz CT molecular complexity index is 2530. The number of hydrogen-bond acceptors (Lipinski definition) is 2. The van der Waals surface area contributed by atoms with Crippen molar-refractivity contribution < 1.29 is 4.42 Å². The van der Waals surface area contributed by atoms with Crippen LogP contribution in [0.5, 0.6) is 0 Å². The van der Waals surface area contributed by atoms with Crippen LogP contribution in [0.25, 0.3) is 65.7 Å². The van der Waals surface area contributed by atoms with Crippen LogP contribution in [-0.2, 0) is 0 Å². The van der Waals surface area contributed by atoms with E-state index in [1.54, 1.807) is 0 Å². The average Bonchev–Trinajstić information content (AvgIpc) is 3.51. The van der Waals surface area contributed by atoms with E-state index in [0.717, 1.165) is 44.4 Å². The lowest BCUT2D eigenvalue weighted by molar-refractivity contribution is 0.672. The molecule has 9 rings (SSSR count). The van der Waals surface area contributed by atoms with Crippen LogP contribution in [0.3, 0.4) is 0 Å². The third-order valence-electron chi connectivity index (χ3n) is 9.02. The molecule has 8 aromatic carbocycles. The highest BCUT2D eigenvalue weighted by Crippen LogP contribution is 2.41. The number of furan rings is 1. The molecule has 0 aliphatic heterocycles. The van der Waals surface area contributed by atoms with E-state index in [1.807, 2.05) is 0 Å². The summed E-state index contributed by atoms with van der Waals surface area (Å²) >= 11 is 0. The lowest BCUT2D eigenvalue weighted by Crippen LogP contribution is -2.10. The molecule has 2 nitrogen and oxygen atoms in total. The van der Waals surface area contributed by atoms with E-state index in [4.69, 9.17) is 4.42 Å². The summed E-state index contributed by atoms with van der Waals surface area (Å²) in [6, 6.07) is 62.8. The lowest BCUT2D eigenvalue weighted by atomic mass is 10.0. The van der Waals surface area contributed by atoms with Crippen LogP contribution in [0.1, 0.15) is 0 Å². The van der Waals surface area contributed by atoms with Crippen molar-refractivity contribution in [3.63, 3.8) is 0 Å². The van der Waals surface area contributed by atoms with Gasteiger partial charge in [-0.2, -0.15) is 0 Å². The zero-order chi connectivity index (χ0) is 30.5. The van der Waals surface area contributed by atoms with Gasteiger partial charge < -0.3 is 9.32 Å². The molecule has 2 heteroatoms. The Morgan fingerprint density at radius 2 is 0.957 bits per heavy atom. The Labute approximate surface area is 267 Å². The first kappa shape index (κ1) is 26.3. The monoisotopic (exact) mass is 587 g/mol. The molecule has 9 aromatic rings. The molecule has 46 heavy (non-hydrogen) atoms. The van der Waals surface area contributed by atoms with Crippen LogP contribution in [0, 0.1) is 0 Å². The molecule has 0 bridgehead atoms. The van der Waals surface area contributed by atoms with Crippen LogP contribution in [0.2, 0.25) is 0 Å². The first-order chi connectivity index (χ1) is 22.8. The van der Waals surface area contributed by atoms with E-state index in [9.17, 15) is 0 Å². The van der Waals surface area contributed by atoms with Gasteiger partial charge in [0.1, 0.15) is 11.2 Å². The minimum atomic E-state index is 0.889. The zero-order valence-electron chi connectivity index (χ0n) is 25.1. The maximum Gasteiger partial charge on any atom is 0.143 e. The Morgan fingerprint density at radius 3 is 1.83 bits per heavy atom. The van der Waals surface area contributed by atoms with Crippen LogP contribution in [0.15, 0.2) is 180 Å². The van der Waals surface area contributed by atoms with E-state index in [2.05, 4.69) is 181 Å². The van der Waals surface area contributed by atoms with Crippen LogP contribution < -0.4 is 4.90 Å². The van der Waals surface area contributed by atoms with Gasteiger partial charge >= 0.3 is 0 Å². The fraction of sp³-hybridized carbons (Fsp3) is 0. The highest BCUT2D eigenvalue weighted by atomic mass is 16.3. The molecule has 0 spiro atoms. The highest BCUT2D eigenvalue weighted by Gasteiger charge is 2.17. The van der Waals surface area contributed by atoms with E-state index in [0.29, 0.717) is 0 Å². The number of nitrogens with zero attached hydrogens (tertiary/aromatic N) is 1. The van der Waals surface area contributed by atoms with E-state index in [-0.39, 0.29) is 0 Å². The molecular formula is C44H29NO. The second kappa shape index (κ2) is 10.8. The van der Waals surface area contributed by atoms with Gasteiger partial charge in [-0.15, -0.1) is 0 Å². The van der Waals surface area contributed by atoms with Crippen molar-refractivity contribution in [2.75, 3.05) is 4.90 Å². The van der Waals surface area contributed by atoms with Gasteiger partial charge in [0.15, 0.2) is 0 Å². The van der Waals surface area contributed by atoms with Crippen molar-refractivity contribution in [3.8, 4) is 22.3 Å². The Hall–Kier alpha value is -6.12. The predicted molar refractivity (Wildman–Crippen MR) is 194 cm³/mol. The summed E-state index contributed by atoms with van der Waals surface area (Å²) in [6.07, 6.45) is 0. The first-order valence-corrected chi connectivity index (χ1v) is 15.7. The summed E-state index contributed by atoms with van der Waals surface area (Å²) < 4.78 is 6.47. The summed E-state index contributed by atoms with van der Waals surface area (Å²) in [7, 11) is 0. The normalized spacial score (nSPS) is 11.5. The second-order valence-corrected chi connectivity index (χ2v) is 11.8. The van der Waals surface area contributed by atoms with Gasteiger partial charge in [-0.25, -0.2) is 0 Å². The zero-order valence-corrected chi connectivity index (χ0v) is 25.1. The SMILES string of the molecule is c1ccc(-c2cccc(N(c3ccc(-c4ccc5ccccc5c4)cc3)c3ccc4oc5c6ccccc6ccc5c4c3)c2)cc1. The van der Waals surface area contributed by atoms with Gasteiger partial charge in [-0.05, 0) is 93.0 Å². The summed E-state index contributed by atoms with van der Waals surface area (Å²) in [4.78, 5) is 2.34. The van der Waals surface area contributed by atoms with E-state index < -0.39 is 0 Å². The largest absolute Gasteiger partial charge is 0.455 e. The van der Waals surface area contributed by atoms with Gasteiger partial charge in [0.05, 0.1) is 0 Å². The molecule has 0 aliphatic carbocycles. The van der Waals surface area contributed by atoms with Crippen molar-refractivity contribution in [3.05, 3.63) is 176 Å². The summed E-state index contributed by atoms with van der Waals surface area (Å²) in [6.45, 7) is 0. The summed E-state index contributed by atoms with van der Waals surface area (Å²) in [5, 5.41) is 7.05. The maximum atomic E-state index is 6.47. The van der Waals surface area contributed by atoms with Crippen molar-refractivity contribution in [2.24, 2.45) is 0 Å². The smallest absolute Gasteiger partial charge is 0.143 e. The minimum absolute atomic E-state index is 0.889. The number of anilines is 3. The molecule has 0 saturated carbocycles. The quantitative estimate of drug-likeness (QED) is 0.199. The maximum absolute atomic E-state index is 6.47. The molecule has 0 amide bonds. The highest BCUT2D eigenvalue weighted by molar-refractivity contribution is 6.15. The fourth-order valence-corrected chi connectivity index (χ4v) is 6.71. The average molecular weight is 588 g/mol. The molecule has 1 heterocycles. The molecule has 1 aromatic heterocycles. The molecule has 0 N–H and O–H groups in total. The lowest BCUT2D eigenvalue weighted by Gasteiger charge is -2.26. The second-order valence-electron chi connectivity index (χ2n) is 11.8. The number of benzene rings is 8. The topological polar surface area (TPSA) is 16.4 Å². The van der Waals surface area contributed by atoms with Gasteiger partial charge in [0.25, 0.3) is 0 Å². The molecule has 0 radical (unpaired) electrons. The molecule has 0 fully saturated rings. The van der Waals surface area contributed by atoms with Gasteiger partial charge in [0.2, 0.25) is 0 Å². The van der Waals surface area contributed by atoms with Gasteiger partial charge in [-0.1, -0.05) is 121 Å². The standard InChI is InChI=1S/C44H29NO/c1-2-9-30(10-3-1)35-14-8-15-38(28-35)45(37-22-19-32(20-23-37)36-18-17-31-11-4-5-13-34(31)27-36)39-24-26-43-42(29-39)41-25-21-33-12-6-7-16-40(33)44(41)46-43/h1-29H. The number of fused-ring (bicyclic) bond motifs is 6. The van der Waals surface area contributed by atoms with Crippen molar-refractivity contribution >= 4 is 60.5 Å². The molecular weight excluding hydrogens is 558 g/mol. The summed E-state index contributed by atoms with van der Waals surface area (Å²) in [5.41, 5.74) is 9.85. The van der Waals surface area contributed by atoms with Crippen molar-refractivity contribution in [1.29, 1.82) is 0 Å². The molecule has 0 atom stereocenters. The number of hydrogen-bond donors (Lipinski definition) is 0. The summed E-state index contributed by atoms with van der Waals surface area (Å²) in [5.74, 6) is 0.